The van der Waals surface area contributed by atoms with Crippen LogP contribution in [0, 0.1) is 29.9 Å². The van der Waals surface area contributed by atoms with E-state index in [4.69, 9.17) is 5.11 Å². The highest BCUT2D eigenvalue weighted by Crippen LogP contribution is 2.36. The summed E-state index contributed by atoms with van der Waals surface area (Å²) in [6.07, 6.45) is 0. The maximum absolute atomic E-state index is 11.2. The molecule has 0 fully saturated rings. The predicted octanol–water partition coefficient (Wildman–Crippen LogP) is 3.41. The van der Waals surface area contributed by atoms with E-state index in [1.54, 1.807) is 26.8 Å². The number of carbonyl (C=O) groups is 1. The lowest BCUT2D eigenvalue weighted by Gasteiger charge is -2.16. The predicted molar refractivity (Wildman–Crippen MR) is 74.7 cm³/mol. The van der Waals surface area contributed by atoms with Crippen LogP contribution < -0.4 is 0 Å². The number of carboxylic acids is 1. The number of aryl methyl sites for hydroxylation is 2. The molecule has 19 heavy (non-hydrogen) atoms. The quantitative estimate of drug-likeness (QED) is 0.509. The smallest absolute Gasteiger partial charge is 0.317 e. The lowest BCUT2D eigenvalue weighted by atomic mass is 10.1. The zero-order valence-corrected chi connectivity index (χ0v) is 12.2. The van der Waals surface area contributed by atoms with Crippen LogP contribution in [0.1, 0.15) is 25.0 Å². The molecule has 0 aliphatic carbocycles. The molecule has 104 valence electrons. The van der Waals surface area contributed by atoms with Crippen LogP contribution in [0.4, 0.5) is 5.69 Å². The summed E-state index contributed by atoms with van der Waals surface area (Å²) in [4.78, 5) is 22.2. The summed E-state index contributed by atoms with van der Waals surface area (Å²) < 4.78 is 0. The molecule has 1 N–H and O–H groups in total. The average molecular weight is 283 g/mol. The van der Waals surface area contributed by atoms with E-state index >= 15 is 0 Å². The van der Waals surface area contributed by atoms with E-state index in [0.29, 0.717) is 4.90 Å². The first-order valence-corrected chi connectivity index (χ1v) is 6.77. The van der Waals surface area contributed by atoms with Gasteiger partial charge in [0.05, 0.1) is 9.82 Å². The third-order valence-electron chi connectivity index (χ3n) is 2.87. The molecule has 0 saturated heterocycles. The molecule has 0 radical (unpaired) electrons. The SMILES string of the molecule is Cc1cc(SC(C(=O)O)C(C)C)c([N+](=O)[O-])cc1C. The highest BCUT2D eigenvalue weighted by Gasteiger charge is 2.27. The Bertz CT molecular complexity index is 514. The van der Waals surface area contributed by atoms with Gasteiger partial charge >= 0.3 is 5.97 Å². The molecule has 0 aromatic heterocycles. The van der Waals surface area contributed by atoms with Gasteiger partial charge in [-0.15, -0.1) is 11.8 Å². The van der Waals surface area contributed by atoms with Gasteiger partial charge in [-0.2, -0.15) is 0 Å². The average Bonchev–Trinajstić information content (AvgIpc) is 2.28. The Morgan fingerprint density at radius 2 is 1.84 bits per heavy atom. The number of rotatable bonds is 5. The molecule has 1 rings (SSSR count). The third-order valence-corrected chi connectivity index (χ3v) is 4.46. The van der Waals surface area contributed by atoms with E-state index in [0.717, 1.165) is 22.9 Å². The fraction of sp³-hybridized carbons (Fsp3) is 0.462. The minimum atomic E-state index is -0.951. The van der Waals surface area contributed by atoms with E-state index in [1.807, 2.05) is 6.92 Å². The Morgan fingerprint density at radius 1 is 1.32 bits per heavy atom. The molecular weight excluding hydrogens is 266 g/mol. The Labute approximate surface area is 116 Å². The number of hydrogen-bond acceptors (Lipinski definition) is 4. The van der Waals surface area contributed by atoms with Crippen molar-refractivity contribution in [1.82, 2.24) is 0 Å². The van der Waals surface area contributed by atoms with Gasteiger partial charge in [0.2, 0.25) is 0 Å². The van der Waals surface area contributed by atoms with Gasteiger partial charge < -0.3 is 5.11 Å². The monoisotopic (exact) mass is 283 g/mol. The number of carboxylic acid groups (broad SMARTS) is 1. The molecule has 1 aromatic rings. The van der Waals surface area contributed by atoms with Crippen LogP contribution in [0.5, 0.6) is 0 Å². The summed E-state index contributed by atoms with van der Waals surface area (Å²) in [7, 11) is 0. The first kappa shape index (κ1) is 15.5. The molecule has 6 heteroatoms. The maximum Gasteiger partial charge on any atom is 0.317 e. The highest BCUT2D eigenvalue weighted by molar-refractivity contribution is 8.00. The molecule has 0 amide bonds. The maximum atomic E-state index is 11.2. The second kappa shape index (κ2) is 6.06. The second-order valence-electron chi connectivity index (χ2n) is 4.78. The van der Waals surface area contributed by atoms with Crippen molar-refractivity contribution in [3.8, 4) is 0 Å². The third kappa shape index (κ3) is 3.70. The van der Waals surface area contributed by atoms with Gasteiger partial charge in [0.1, 0.15) is 5.25 Å². The zero-order chi connectivity index (χ0) is 14.7. The Hall–Kier alpha value is -1.56. The summed E-state index contributed by atoms with van der Waals surface area (Å²) in [5.74, 6) is -1.06. The van der Waals surface area contributed by atoms with Crippen LogP contribution in [-0.2, 0) is 4.79 Å². The van der Waals surface area contributed by atoms with Crippen molar-refractivity contribution in [2.75, 3.05) is 0 Å². The van der Waals surface area contributed by atoms with E-state index in [9.17, 15) is 14.9 Å². The van der Waals surface area contributed by atoms with Gasteiger partial charge in [-0.1, -0.05) is 13.8 Å². The topological polar surface area (TPSA) is 80.4 Å². The second-order valence-corrected chi connectivity index (χ2v) is 5.97. The summed E-state index contributed by atoms with van der Waals surface area (Å²) in [6, 6.07) is 3.19. The van der Waals surface area contributed by atoms with E-state index in [1.165, 1.54) is 6.07 Å². The summed E-state index contributed by atoms with van der Waals surface area (Å²) in [5.41, 5.74) is 1.72. The number of hydrogen-bond donors (Lipinski definition) is 1. The van der Waals surface area contributed by atoms with E-state index in [-0.39, 0.29) is 11.6 Å². The molecule has 1 atom stereocenters. The van der Waals surface area contributed by atoms with Gasteiger partial charge in [-0.05, 0) is 37.0 Å². The van der Waals surface area contributed by atoms with Gasteiger partial charge in [-0.3, -0.25) is 14.9 Å². The Kier molecular flexibility index (Phi) is 4.94. The summed E-state index contributed by atoms with van der Waals surface area (Å²) in [5, 5.41) is 19.5. The van der Waals surface area contributed by atoms with Crippen LogP contribution in [0.25, 0.3) is 0 Å². The molecule has 0 saturated carbocycles. The Morgan fingerprint density at radius 3 is 2.26 bits per heavy atom. The molecular formula is C13H17NO4S. The van der Waals surface area contributed by atoms with Gasteiger partial charge in [0.25, 0.3) is 5.69 Å². The number of nitro benzene ring substituents is 1. The lowest BCUT2D eigenvalue weighted by Crippen LogP contribution is -2.22. The van der Waals surface area contributed by atoms with Crippen molar-refractivity contribution < 1.29 is 14.8 Å². The summed E-state index contributed by atoms with van der Waals surface area (Å²) >= 11 is 1.04. The summed E-state index contributed by atoms with van der Waals surface area (Å²) in [6.45, 7) is 7.24. The van der Waals surface area contributed by atoms with Crippen LogP contribution in [-0.4, -0.2) is 21.2 Å². The first-order chi connectivity index (χ1) is 8.73. The van der Waals surface area contributed by atoms with Crippen molar-refractivity contribution in [2.45, 2.75) is 37.8 Å². The van der Waals surface area contributed by atoms with Crippen LogP contribution in [0.2, 0.25) is 0 Å². The molecule has 5 nitrogen and oxygen atoms in total. The van der Waals surface area contributed by atoms with Crippen molar-refractivity contribution >= 4 is 23.4 Å². The lowest BCUT2D eigenvalue weighted by molar-refractivity contribution is -0.387. The molecule has 0 heterocycles. The van der Waals surface area contributed by atoms with Crippen molar-refractivity contribution in [2.24, 2.45) is 5.92 Å². The molecule has 0 aliphatic heterocycles. The van der Waals surface area contributed by atoms with E-state index in [2.05, 4.69) is 0 Å². The van der Waals surface area contributed by atoms with Crippen molar-refractivity contribution in [3.05, 3.63) is 33.4 Å². The van der Waals surface area contributed by atoms with Crippen LogP contribution in [0.15, 0.2) is 17.0 Å². The molecule has 1 unspecified atom stereocenters. The molecule has 0 spiro atoms. The highest BCUT2D eigenvalue weighted by atomic mass is 32.2. The Balaban J connectivity index is 3.22. The number of aliphatic carboxylic acids is 1. The molecule has 1 aromatic carbocycles. The number of benzene rings is 1. The van der Waals surface area contributed by atoms with Crippen LogP contribution >= 0.6 is 11.8 Å². The minimum absolute atomic E-state index is 0.0278. The molecule has 0 aliphatic rings. The van der Waals surface area contributed by atoms with Crippen molar-refractivity contribution in [3.63, 3.8) is 0 Å². The number of thioether (sulfide) groups is 1. The largest absolute Gasteiger partial charge is 0.480 e. The number of nitro groups is 1. The zero-order valence-electron chi connectivity index (χ0n) is 11.3. The fourth-order valence-electron chi connectivity index (χ4n) is 1.62. The van der Waals surface area contributed by atoms with Crippen molar-refractivity contribution in [1.29, 1.82) is 0 Å². The number of nitrogens with zero attached hydrogens (tertiary/aromatic N) is 1. The standard InChI is InChI=1S/C13H17NO4S/c1-7(2)12(13(15)16)19-11-6-9(4)8(3)5-10(11)14(17)18/h5-7,12H,1-4H3,(H,15,16). The van der Waals surface area contributed by atoms with E-state index < -0.39 is 16.1 Å². The van der Waals surface area contributed by atoms with Gasteiger partial charge in [0.15, 0.2) is 0 Å². The first-order valence-electron chi connectivity index (χ1n) is 5.89. The molecule has 0 bridgehead atoms. The minimum Gasteiger partial charge on any atom is -0.480 e. The van der Waals surface area contributed by atoms with Gasteiger partial charge in [0, 0.05) is 6.07 Å². The normalized spacial score (nSPS) is 12.5. The van der Waals surface area contributed by atoms with Gasteiger partial charge in [-0.25, -0.2) is 0 Å². The van der Waals surface area contributed by atoms with Crippen LogP contribution in [0.3, 0.4) is 0 Å². The fourth-order valence-corrected chi connectivity index (χ4v) is 2.77.